The van der Waals surface area contributed by atoms with Crippen molar-refractivity contribution >= 4 is 29.2 Å². The van der Waals surface area contributed by atoms with Gasteiger partial charge < -0.3 is 10.0 Å². The standard InChI is InChI=1S/C16H13ClN2O3/c17-11-6-14-13(18-8-11)7-12(16(21)22)15(20)19(14)9-10-4-2-1-3-5-10/h1-6,8,12H,7,9H2,(H,21,22). The lowest BCUT2D eigenvalue weighted by Gasteiger charge is -2.32. The highest BCUT2D eigenvalue weighted by atomic mass is 35.5. The minimum absolute atomic E-state index is 0.0892. The zero-order valence-electron chi connectivity index (χ0n) is 11.6. The molecule has 5 nitrogen and oxygen atoms in total. The van der Waals surface area contributed by atoms with Gasteiger partial charge in [-0.2, -0.15) is 0 Å². The van der Waals surface area contributed by atoms with Gasteiger partial charge in [-0.3, -0.25) is 14.6 Å². The zero-order chi connectivity index (χ0) is 15.7. The third kappa shape index (κ3) is 2.67. The number of aliphatic carboxylic acids is 1. The first-order valence-corrected chi connectivity index (χ1v) is 7.16. The summed E-state index contributed by atoms with van der Waals surface area (Å²) < 4.78 is 0. The molecule has 112 valence electrons. The molecule has 3 rings (SSSR count). The first-order chi connectivity index (χ1) is 10.6. The predicted molar refractivity (Wildman–Crippen MR) is 81.7 cm³/mol. The Morgan fingerprint density at radius 2 is 2.09 bits per heavy atom. The molecule has 1 aliphatic rings. The second-order valence-corrected chi connectivity index (χ2v) is 5.56. The lowest BCUT2D eigenvalue weighted by Crippen LogP contribution is -2.44. The SMILES string of the molecule is O=C(O)C1Cc2ncc(Cl)cc2N(Cc2ccccc2)C1=O. The third-order valence-electron chi connectivity index (χ3n) is 3.65. The molecule has 22 heavy (non-hydrogen) atoms. The number of rotatable bonds is 3. The van der Waals surface area contributed by atoms with Gasteiger partial charge in [0.05, 0.1) is 22.9 Å². The van der Waals surface area contributed by atoms with Crippen LogP contribution in [0.3, 0.4) is 0 Å². The Morgan fingerprint density at radius 3 is 2.77 bits per heavy atom. The van der Waals surface area contributed by atoms with Crippen LogP contribution in [0, 0.1) is 5.92 Å². The normalized spacial score (nSPS) is 17.2. The molecule has 1 unspecified atom stereocenters. The molecule has 1 N–H and O–H groups in total. The second-order valence-electron chi connectivity index (χ2n) is 5.12. The minimum Gasteiger partial charge on any atom is -0.481 e. The maximum atomic E-state index is 12.5. The van der Waals surface area contributed by atoms with Gasteiger partial charge in [-0.1, -0.05) is 41.9 Å². The molecule has 1 amide bonds. The lowest BCUT2D eigenvalue weighted by molar-refractivity contribution is -0.146. The summed E-state index contributed by atoms with van der Waals surface area (Å²) in [4.78, 5) is 29.5. The van der Waals surface area contributed by atoms with Gasteiger partial charge in [0.25, 0.3) is 0 Å². The number of fused-ring (bicyclic) bond motifs is 1. The van der Waals surface area contributed by atoms with Gasteiger partial charge in [0.15, 0.2) is 0 Å². The first-order valence-electron chi connectivity index (χ1n) is 6.79. The maximum absolute atomic E-state index is 12.5. The second kappa shape index (κ2) is 5.77. The molecular weight excluding hydrogens is 304 g/mol. The monoisotopic (exact) mass is 316 g/mol. The van der Waals surface area contributed by atoms with Crippen LogP contribution in [0.5, 0.6) is 0 Å². The third-order valence-corrected chi connectivity index (χ3v) is 3.85. The number of hydrogen-bond donors (Lipinski definition) is 1. The Bertz CT molecular complexity index is 733. The number of amides is 1. The van der Waals surface area contributed by atoms with E-state index in [1.54, 1.807) is 6.07 Å². The fraction of sp³-hybridized carbons (Fsp3) is 0.188. The topological polar surface area (TPSA) is 70.5 Å². The average molecular weight is 317 g/mol. The molecule has 0 saturated heterocycles. The Hall–Kier alpha value is -2.40. The predicted octanol–water partition coefficient (Wildman–Crippen LogP) is 2.53. The Balaban J connectivity index is 2.03. The fourth-order valence-electron chi connectivity index (χ4n) is 2.56. The molecule has 0 fully saturated rings. The largest absolute Gasteiger partial charge is 0.481 e. The molecule has 0 spiro atoms. The highest BCUT2D eigenvalue weighted by Crippen LogP contribution is 2.32. The first kappa shape index (κ1) is 14.5. The number of anilines is 1. The molecule has 0 aliphatic carbocycles. The molecular formula is C16H13ClN2O3. The van der Waals surface area contributed by atoms with E-state index in [2.05, 4.69) is 4.98 Å². The van der Waals surface area contributed by atoms with Gasteiger partial charge in [-0.25, -0.2) is 0 Å². The summed E-state index contributed by atoms with van der Waals surface area (Å²) in [7, 11) is 0. The van der Waals surface area contributed by atoms with Crippen LogP contribution in [0.25, 0.3) is 0 Å². The summed E-state index contributed by atoms with van der Waals surface area (Å²) in [5, 5.41) is 9.69. The number of carboxylic acids is 1. The number of halogens is 1. The van der Waals surface area contributed by atoms with Crippen molar-refractivity contribution in [1.82, 2.24) is 4.98 Å². The van der Waals surface area contributed by atoms with Crippen molar-refractivity contribution in [1.29, 1.82) is 0 Å². The molecule has 2 aromatic rings. The summed E-state index contributed by atoms with van der Waals surface area (Å²) in [6.07, 6.45) is 1.56. The molecule has 1 aromatic heterocycles. The van der Waals surface area contributed by atoms with Crippen LogP contribution in [0.2, 0.25) is 5.02 Å². The van der Waals surface area contributed by atoms with E-state index in [1.807, 2.05) is 30.3 Å². The van der Waals surface area contributed by atoms with Crippen LogP contribution in [0.1, 0.15) is 11.3 Å². The van der Waals surface area contributed by atoms with E-state index in [0.717, 1.165) is 5.56 Å². The van der Waals surface area contributed by atoms with Gasteiger partial charge in [0.1, 0.15) is 5.92 Å². The summed E-state index contributed by atoms with van der Waals surface area (Å²) in [5.74, 6) is -2.68. The molecule has 2 heterocycles. The number of nitrogens with zero attached hydrogens (tertiary/aromatic N) is 2. The number of carbonyl (C=O) groups is 2. The van der Waals surface area contributed by atoms with Crippen LogP contribution in [0.15, 0.2) is 42.6 Å². The van der Waals surface area contributed by atoms with Crippen LogP contribution in [-0.4, -0.2) is 22.0 Å². The summed E-state index contributed by atoms with van der Waals surface area (Å²) in [6.45, 7) is 0.290. The molecule has 1 aromatic carbocycles. The van der Waals surface area contributed by atoms with Crippen molar-refractivity contribution in [3.63, 3.8) is 0 Å². The van der Waals surface area contributed by atoms with Crippen LogP contribution in [0.4, 0.5) is 5.69 Å². The number of carbonyl (C=O) groups excluding carboxylic acids is 1. The van der Waals surface area contributed by atoms with E-state index in [0.29, 0.717) is 22.9 Å². The molecule has 6 heteroatoms. The van der Waals surface area contributed by atoms with Crippen molar-refractivity contribution in [2.75, 3.05) is 4.90 Å². The highest BCUT2D eigenvalue weighted by Gasteiger charge is 2.38. The van der Waals surface area contributed by atoms with E-state index < -0.39 is 17.8 Å². The smallest absolute Gasteiger partial charge is 0.316 e. The Kier molecular flexibility index (Phi) is 3.81. The molecule has 1 atom stereocenters. The quantitative estimate of drug-likeness (QED) is 0.883. The lowest BCUT2D eigenvalue weighted by atomic mass is 9.94. The molecule has 0 saturated carbocycles. The zero-order valence-corrected chi connectivity index (χ0v) is 12.3. The maximum Gasteiger partial charge on any atom is 0.316 e. The van der Waals surface area contributed by atoms with Crippen LogP contribution in [-0.2, 0) is 22.6 Å². The summed E-state index contributed by atoms with van der Waals surface area (Å²) >= 11 is 5.97. The Morgan fingerprint density at radius 1 is 1.36 bits per heavy atom. The summed E-state index contributed by atoms with van der Waals surface area (Å²) in [6, 6.07) is 11.0. The van der Waals surface area contributed by atoms with Gasteiger partial charge in [0, 0.05) is 12.6 Å². The molecule has 1 aliphatic heterocycles. The number of aromatic nitrogens is 1. The van der Waals surface area contributed by atoms with Crippen molar-refractivity contribution in [2.45, 2.75) is 13.0 Å². The highest BCUT2D eigenvalue weighted by molar-refractivity contribution is 6.30. The van der Waals surface area contributed by atoms with Gasteiger partial charge in [-0.15, -0.1) is 0 Å². The van der Waals surface area contributed by atoms with E-state index in [1.165, 1.54) is 11.1 Å². The number of carboxylic acid groups (broad SMARTS) is 1. The van der Waals surface area contributed by atoms with E-state index >= 15 is 0 Å². The van der Waals surface area contributed by atoms with Crippen molar-refractivity contribution in [3.05, 3.63) is 58.9 Å². The average Bonchev–Trinajstić information content (AvgIpc) is 2.51. The number of hydrogen-bond acceptors (Lipinski definition) is 3. The molecule has 0 radical (unpaired) electrons. The number of pyridine rings is 1. The summed E-state index contributed by atoms with van der Waals surface area (Å²) in [5.41, 5.74) is 2.07. The number of benzene rings is 1. The molecule has 0 bridgehead atoms. The van der Waals surface area contributed by atoms with Gasteiger partial charge in [0.2, 0.25) is 5.91 Å². The minimum atomic E-state index is -1.13. The van der Waals surface area contributed by atoms with Crippen LogP contribution < -0.4 is 4.90 Å². The Labute approximate surface area is 132 Å². The fourth-order valence-corrected chi connectivity index (χ4v) is 2.71. The van der Waals surface area contributed by atoms with Crippen LogP contribution >= 0.6 is 11.6 Å². The van der Waals surface area contributed by atoms with E-state index in [4.69, 9.17) is 11.6 Å². The van der Waals surface area contributed by atoms with Crippen molar-refractivity contribution in [2.24, 2.45) is 5.92 Å². The van der Waals surface area contributed by atoms with Crippen molar-refractivity contribution < 1.29 is 14.7 Å². The van der Waals surface area contributed by atoms with Gasteiger partial charge >= 0.3 is 5.97 Å². The van der Waals surface area contributed by atoms with E-state index in [9.17, 15) is 14.7 Å². The van der Waals surface area contributed by atoms with Gasteiger partial charge in [-0.05, 0) is 11.6 Å². The van der Waals surface area contributed by atoms with E-state index in [-0.39, 0.29) is 6.42 Å². The van der Waals surface area contributed by atoms with Crippen molar-refractivity contribution in [3.8, 4) is 0 Å².